The van der Waals surface area contributed by atoms with Crippen LogP contribution < -0.4 is 0 Å². The molecule has 27 atom stereocenters. The van der Waals surface area contributed by atoms with Crippen molar-refractivity contribution in [3.05, 3.63) is 68.8 Å². The van der Waals surface area contributed by atoms with Crippen LogP contribution in [-0.2, 0) is 28.7 Å². The van der Waals surface area contributed by atoms with Gasteiger partial charge in [0.1, 0.15) is 0 Å². The van der Waals surface area contributed by atoms with Crippen molar-refractivity contribution in [2.45, 2.75) is 76.7 Å². The fourth-order valence-corrected chi connectivity index (χ4v) is 26.7. The molecule has 0 radical (unpaired) electrons. The average molecular weight is 784 g/mol. The molecule has 3 heteroatoms. The molecule has 1 aromatic rings. The molecule has 1 saturated heterocycles. The van der Waals surface area contributed by atoms with E-state index in [1.165, 1.54) is 51.5 Å². The fourth-order valence-electron chi connectivity index (χ4n) is 26.7. The van der Waals surface area contributed by atoms with E-state index in [4.69, 9.17) is 9.47 Å². The van der Waals surface area contributed by atoms with Gasteiger partial charge in [-0.1, -0.05) is 52.1 Å². The van der Waals surface area contributed by atoms with Crippen LogP contribution in [0.1, 0.15) is 68.1 Å². The molecule has 1 aromatic carbocycles. The second-order valence-corrected chi connectivity index (χ2v) is 26.1. The van der Waals surface area contributed by atoms with Crippen LogP contribution in [0, 0.1) is 153 Å². The molecule has 17 aliphatic carbocycles. The normalized spacial score (nSPS) is 62.2. The van der Waals surface area contributed by atoms with Crippen molar-refractivity contribution in [1.82, 2.24) is 4.90 Å². The van der Waals surface area contributed by atoms with Crippen LogP contribution in [0.4, 0.5) is 0 Å². The van der Waals surface area contributed by atoms with Gasteiger partial charge in [0.05, 0.1) is 19.8 Å². The second-order valence-electron chi connectivity index (χ2n) is 26.1. The third kappa shape index (κ3) is 3.11. The number of methoxy groups -OCH3 is 1. The molecule has 1 heterocycles. The molecule has 0 aromatic heterocycles. The minimum Gasteiger partial charge on any atom is -0.382 e. The highest BCUT2D eigenvalue weighted by Gasteiger charge is 2.88. The predicted octanol–water partition coefficient (Wildman–Crippen LogP) is 8.92. The number of fused-ring (bicyclic) bond motifs is 2. The fraction of sp³-hybridized carbons (Fsp3) is 0.786. The number of rotatable bonds is 9. The van der Waals surface area contributed by atoms with E-state index >= 15 is 0 Å². The Morgan fingerprint density at radius 3 is 2.41 bits per heavy atom. The molecular formula is C56H65NO2. The van der Waals surface area contributed by atoms with E-state index < -0.39 is 0 Å². The first kappa shape index (κ1) is 32.0. The van der Waals surface area contributed by atoms with Gasteiger partial charge in [0, 0.05) is 38.1 Å². The van der Waals surface area contributed by atoms with Gasteiger partial charge in [-0.05, 0) is 229 Å². The van der Waals surface area contributed by atoms with Crippen LogP contribution in [0.5, 0.6) is 0 Å². The SMILES string of the molecule is COCCOCCN1CC2C3=C4C5C6=C(C3)CC3CC7=CC8CC9CC%10CC%11CC2(C2C4C4C5C5C(C63)C7C3C8C9C6C%10C(C4C6C35)C%112)C1CCc1ccc2c(c1)CC2. The van der Waals surface area contributed by atoms with Gasteiger partial charge in [-0.2, -0.15) is 0 Å². The van der Waals surface area contributed by atoms with Crippen LogP contribution in [-0.4, -0.2) is 51.0 Å². The molecule has 1 spiro atoms. The van der Waals surface area contributed by atoms with E-state index in [0.717, 1.165) is 180 Å². The summed E-state index contributed by atoms with van der Waals surface area (Å²) in [5, 5.41) is 0. The highest BCUT2D eigenvalue weighted by atomic mass is 16.5. The maximum atomic E-state index is 6.42. The van der Waals surface area contributed by atoms with Crippen LogP contribution in [0.25, 0.3) is 0 Å². The summed E-state index contributed by atoms with van der Waals surface area (Å²) >= 11 is 0. The average Bonchev–Trinajstić information content (AvgIpc) is 4.08. The second kappa shape index (κ2) is 9.99. The Labute approximate surface area is 351 Å². The molecule has 18 aliphatic rings. The maximum Gasteiger partial charge on any atom is 0.0700 e. The zero-order chi connectivity index (χ0) is 37.3. The Bertz CT molecular complexity index is 2320. The van der Waals surface area contributed by atoms with Crippen molar-refractivity contribution < 1.29 is 9.47 Å². The minimum absolute atomic E-state index is 0.499. The highest BCUT2D eigenvalue weighted by molar-refractivity contribution is 5.57. The number of hydrogen-bond donors (Lipinski definition) is 0. The van der Waals surface area contributed by atoms with Gasteiger partial charge < -0.3 is 9.47 Å². The molecule has 13 fully saturated rings. The Morgan fingerprint density at radius 2 is 1.51 bits per heavy atom. The van der Waals surface area contributed by atoms with E-state index in [0.29, 0.717) is 5.41 Å². The highest BCUT2D eigenvalue weighted by Crippen LogP contribution is 2.92. The summed E-state index contributed by atoms with van der Waals surface area (Å²) in [7, 11) is 1.83. The smallest absolute Gasteiger partial charge is 0.0700 e. The first-order valence-corrected chi connectivity index (χ1v) is 26.3. The lowest BCUT2D eigenvalue weighted by atomic mass is 9.42. The predicted molar refractivity (Wildman–Crippen MR) is 224 cm³/mol. The molecule has 306 valence electrons. The van der Waals surface area contributed by atoms with E-state index in [-0.39, 0.29) is 0 Å². The summed E-state index contributed by atoms with van der Waals surface area (Å²) in [6.45, 7) is 4.83. The van der Waals surface area contributed by atoms with Crippen molar-refractivity contribution in [2.75, 3.05) is 40.0 Å². The molecule has 27 unspecified atom stereocenters. The summed E-state index contributed by atoms with van der Waals surface area (Å²) in [5.74, 6) is 26.4. The van der Waals surface area contributed by atoms with Crippen molar-refractivity contribution in [3.8, 4) is 0 Å². The summed E-state index contributed by atoms with van der Waals surface area (Å²) in [5.41, 5.74) is 16.3. The molecule has 1 aliphatic heterocycles. The van der Waals surface area contributed by atoms with Gasteiger partial charge in [0.25, 0.3) is 0 Å². The molecule has 19 rings (SSSR count). The number of allylic oxidation sites excluding steroid dienone is 5. The van der Waals surface area contributed by atoms with Crippen LogP contribution >= 0.6 is 0 Å². The molecule has 0 amide bonds. The summed E-state index contributed by atoms with van der Waals surface area (Å²) in [6.07, 6.45) is 19.4. The summed E-state index contributed by atoms with van der Waals surface area (Å²) in [4.78, 5) is 3.16. The minimum atomic E-state index is 0.499. The third-order valence-electron chi connectivity index (χ3n) is 26.2. The number of nitrogens with zero attached hydrogens (tertiary/aromatic N) is 1. The van der Waals surface area contributed by atoms with E-state index in [1.807, 2.05) is 7.11 Å². The van der Waals surface area contributed by atoms with Gasteiger partial charge in [0.2, 0.25) is 0 Å². The zero-order valence-corrected chi connectivity index (χ0v) is 35.4. The lowest BCUT2D eigenvalue weighted by molar-refractivity contribution is -0.147. The first-order chi connectivity index (χ1) is 29.2. The standard InChI is InChI=1S/C56H65NO2/c1-58-10-11-59-9-8-57-21-33-32-19-30-17-27-15-28-14-25-13-26-16-29-18-31-20-56(33,34(57)7-3-22-2-4-23-5-6-24(23)12-22)55-41(31)46-40(29)45-36(26)35(25)43-39(28)44-37(27)38(30)47-42(32)54(55)53-51(46)49(45)48(43)50(44)52(47)53/h2,4,12,14,25-27,29,31,33-37,39-41,43-55H,3,5-11,13,15-21H2,1H3. The van der Waals surface area contributed by atoms with Gasteiger partial charge in [-0.25, -0.2) is 0 Å². The number of aryl methyl sites for hydroxylation is 3. The van der Waals surface area contributed by atoms with Crippen LogP contribution in [0.2, 0.25) is 0 Å². The molecule has 59 heavy (non-hydrogen) atoms. The monoisotopic (exact) mass is 784 g/mol. The van der Waals surface area contributed by atoms with Crippen LogP contribution in [0.3, 0.4) is 0 Å². The van der Waals surface area contributed by atoms with Gasteiger partial charge in [-0.3, -0.25) is 4.90 Å². The number of likely N-dealkylation sites (tertiary alicyclic amines) is 1. The van der Waals surface area contributed by atoms with Gasteiger partial charge in [-0.15, -0.1) is 0 Å². The van der Waals surface area contributed by atoms with E-state index in [1.54, 1.807) is 42.4 Å². The number of hydrogen-bond acceptors (Lipinski definition) is 3. The first-order valence-electron chi connectivity index (χ1n) is 26.3. The van der Waals surface area contributed by atoms with Gasteiger partial charge in [0.15, 0.2) is 0 Å². The Hall–Kier alpha value is -1.68. The molecule has 0 N–H and O–H groups in total. The summed E-state index contributed by atoms with van der Waals surface area (Å²) < 4.78 is 11.9. The Balaban J connectivity index is 0.843. The van der Waals surface area contributed by atoms with Crippen molar-refractivity contribution in [3.63, 3.8) is 0 Å². The number of ether oxygens (including phenoxy) is 2. The molecule has 12 saturated carbocycles. The van der Waals surface area contributed by atoms with Crippen LogP contribution in [0.15, 0.2) is 52.1 Å². The maximum absolute atomic E-state index is 6.42. The zero-order valence-electron chi connectivity index (χ0n) is 35.4. The molecular weight excluding hydrogens is 719 g/mol. The van der Waals surface area contributed by atoms with Crippen molar-refractivity contribution in [1.29, 1.82) is 0 Å². The summed E-state index contributed by atoms with van der Waals surface area (Å²) in [6, 6.07) is 8.45. The third-order valence-corrected chi connectivity index (χ3v) is 26.2. The van der Waals surface area contributed by atoms with E-state index in [2.05, 4.69) is 57.0 Å². The quantitative estimate of drug-likeness (QED) is 0.185. The topological polar surface area (TPSA) is 21.7 Å². The largest absolute Gasteiger partial charge is 0.382 e. The van der Waals surface area contributed by atoms with Gasteiger partial charge >= 0.3 is 0 Å². The Kier molecular flexibility index (Phi) is 5.43. The van der Waals surface area contributed by atoms with Crippen molar-refractivity contribution >= 4 is 0 Å². The lowest BCUT2D eigenvalue weighted by Crippen LogP contribution is -2.60. The van der Waals surface area contributed by atoms with E-state index in [9.17, 15) is 0 Å². The lowest BCUT2D eigenvalue weighted by Gasteiger charge is -2.62. The van der Waals surface area contributed by atoms with Crippen molar-refractivity contribution in [2.24, 2.45) is 153 Å². The Morgan fingerprint density at radius 1 is 0.695 bits per heavy atom. The number of benzene rings is 1. The molecule has 0 bridgehead atoms. The molecule has 3 nitrogen and oxygen atoms in total.